The third-order valence-corrected chi connectivity index (χ3v) is 4.58. The topological polar surface area (TPSA) is 97.8 Å². The SMILES string of the molecule is CCNC(=NCc1ncnn1C)NCCCc1nnc2n1CCCCC2.I. The van der Waals surface area contributed by atoms with Crippen molar-refractivity contribution in [1.29, 1.82) is 0 Å². The predicted octanol–water partition coefficient (Wildman–Crippen LogP) is 1.44. The first-order valence-electron chi connectivity index (χ1n) is 9.54. The van der Waals surface area contributed by atoms with Gasteiger partial charge in [0.2, 0.25) is 0 Å². The second-order valence-corrected chi connectivity index (χ2v) is 6.52. The van der Waals surface area contributed by atoms with E-state index in [-0.39, 0.29) is 24.0 Å². The normalized spacial score (nSPS) is 14.2. The highest BCUT2D eigenvalue weighted by atomic mass is 127. The minimum atomic E-state index is 0. The van der Waals surface area contributed by atoms with E-state index in [0.717, 1.165) is 62.3 Å². The Morgan fingerprint density at radius 3 is 2.85 bits per heavy atom. The molecule has 0 saturated carbocycles. The van der Waals surface area contributed by atoms with E-state index in [1.54, 1.807) is 11.0 Å². The summed E-state index contributed by atoms with van der Waals surface area (Å²) in [7, 11) is 1.87. The summed E-state index contributed by atoms with van der Waals surface area (Å²) >= 11 is 0. The lowest BCUT2D eigenvalue weighted by atomic mass is 10.2. The summed E-state index contributed by atoms with van der Waals surface area (Å²) in [4.78, 5) is 8.77. The summed E-state index contributed by atoms with van der Waals surface area (Å²) < 4.78 is 4.06. The number of fused-ring (bicyclic) bond motifs is 1. The molecule has 0 amide bonds. The van der Waals surface area contributed by atoms with Gasteiger partial charge in [0.1, 0.15) is 30.3 Å². The third kappa shape index (κ3) is 6.15. The van der Waals surface area contributed by atoms with Crippen molar-refractivity contribution in [1.82, 2.24) is 40.2 Å². The van der Waals surface area contributed by atoms with Crippen LogP contribution < -0.4 is 10.6 Å². The van der Waals surface area contributed by atoms with Crippen molar-refractivity contribution in [2.24, 2.45) is 12.0 Å². The molecule has 150 valence electrons. The number of halogens is 1. The number of aliphatic imine (C=N–C) groups is 1. The summed E-state index contributed by atoms with van der Waals surface area (Å²) in [6.45, 7) is 5.29. The maximum atomic E-state index is 4.57. The van der Waals surface area contributed by atoms with Gasteiger partial charge >= 0.3 is 0 Å². The molecule has 2 N–H and O–H groups in total. The van der Waals surface area contributed by atoms with Crippen LogP contribution in [-0.4, -0.2) is 48.6 Å². The Bertz CT molecular complexity index is 722. The fraction of sp³-hybridized carbons (Fsp3) is 0.706. The molecule has 0 spiro atoms. The average molecular weight is 487 g/mol. The number of aromatic nitrogens is 6. The molecule has 0 saturated heterocycles. The first kappa shape index (κ1) is 21.6. The van der Waals surface area contributed by atoms with Crippen LogP contribution in [0.3, 0.4) is 0 Å². The molecule has 0 atom stereocenters. The van der Waals surface area contributed by atoms with E-state index in [4.69, 9.17) is 0 Å². The van der Waals surface area contributed by atoms with Crippen LogP contribution in [0.5, 0.6) is 0 Å². The van der Waals surface area contributed by atoms with Gasteiger partial charge in [0.05, 0.1) is 0 Å². The Morgan fingerprint density at radius 2 is 2.07 bits per heavy atom. The summed E-state index contributed by atoms with van der Waals surface area (Å²) in [6.07, 6.45) is 8.29. The number of aryl methyl sites for hydroxylation is 3. The van der Waals surface area contributed by atoms with Gasteiger partial charge in [-0.2, -0.15) is 5.10 Å². The smallest absolute Gasteiger partial charge is 0.191 e. The van der Waals surface area contributed by atoms with Crippen LogP contribution in [0.2, 0.25) is 0 Å². The van der Waals surface area contributed by atoms with Crippen molar-refractivity contribution in [3.05, 3.63) is 23.8 Å². The minimum absolute atomic E-state index is 0. The van der Waals surface area contributed by atoms with Gasteiger partial charge in [0.25, 0.3) is 0 Å². The zero-order valence-corrected chi connectivity index (χ0v) is 18.5. The lowest BCUT2D eigenvalue weighted by Crippen LogP contribution is -2.38. The number of guanidine groups is 1. The summed E-state index contributed by atoms with van der Waals surface area (Å²) in [6, 6.07) is 0. The lowest BCUT2D eigenvalue weighted by molar-refractivity contribution is 0.593. The number of hydrogen-bond acceptors (Lipinski definition) is 5. The molecule has 9 nitrogen and oxygen atoms in total. The first-order valence-corrected chi connectivity index (χ1v) is 9.54. The van der Waals surface area contributed by atoms with E-state index < -0.39 is 0 Å². The van der Waals surface area contributed by atoms with Crippen molar-refractivity contribution in [3.8, 4) is 0 Å². The van der Waals surface area contributed by atoms with E-state index in [0.29, 0.717) is 6.54 Å². The maximum Gasteiger partial charge on any atom is 0.191 e. The van der Waals surface area contributed by atoms with Gasteiger partial charge in [-0.15, -0.1) is 34.2 Å². The molecule has 3 heterocycles. The standard InChI is InChI=1S/C17H29N9.HI/c1-3-18-17(20-12-16-21-13-22-25(16)2)19-10-7-9-15-24-23-14-8-5-4-6-11-26(14)15;/h13H,3-12H2,1-2H3,(H2,18,19,20);1H. The fourth-order valence-corrected chi connectivity index (χ4v) is 3.14. The van der Waals surface area contributed by atoms with Crippen LogP contribution in [0.1, 0.15) is 50.1 Å². The second kappa shape index (κ2) is 11.2. The van der Waals surface area contributed by atoms with Gasteiger partial charge in [-0.05, 0) is 26.2 Å². The number of nitrogens with zero attached hydrogens (tertiary/aromatic N) is 7. The fourth-order valence-electron chi connectivity index (χ4n) is 3.14. The zero-order chi connectivity index (χ0) is 18.2. The van der Waals surface area contributed by atoms with Gasteiger partial charge in [0, 0.05) is 39.5 Å². The van der Waals surface area contributed by atoms with Crippen LogP contribution in [0, 0.1) is 0 Å². The minimum Gasteiger partial charge on any atom is -0.357 e. The monoisotopic (exact) mass is 487 g/mol. The quantitative estimate of drug-likeness (QED) is 0.266. The number of rotatable bonds is 7. The molecule has 27 heavy (non-hydrogen) atoms. The van der Waals surface area contributed by atoms with Crippen molar-refractivity contribution in [3.63, 3.8) is 0 Å². The average Bonchev–Trinajstić information content (AvgIpc) is 3.14. The summed E-state index contributed by atoms with van der Waals surface area (Å²) in [5, 5.41) is 19.5. The highest BCUT2D eigenvalue weighted by Gasteiger charge is 2.14. The molecule has 1 aliphatic heterocycles. The lowest BCUT2D eigenvalue weighted by Gasteiger charge is -2.11. The van der Waals surface area contributed by atoms with Crippen LogP contribution in [-0.2, 0) is 33.0 Å². The third-order valence-electron chi connectivity index (χ3n) is 4.58. The number of nitrogens with one attached hydrogen (secondary N) is 2. The molecular weight excluding hydrogens is 457 g/mol. The van der Waals surface area contributed by atoms with Gasteiger partial charge in [-0.25, -0.2) is 9.98 Å². The van der Waals surface area contributed by atoms with Gasteiger partial charge in [0.15, 0.2) is 5.96 Å². The summed E-state index contributed by atoms with van der Waals surface area (Å²) in [5.74, 6) is 3.91. The van der Waals surface area contributed by atoms with E-state index in [9.17, 15) is 0 Å². The summed E-state index contributed by atoms with van der Waals surface area (Å²) in [5.41, 5.74) is 0. The second-order valence-electron chi connectivity index (χ2n) is 6.52. The molecule has 0 bridgehead atoms. The van der Waals surface area contributed by atoms with Crippen molar-refractivity contribution in [2.45, 2.75) is 58.5 Å². The largest absolute Gasteiger partial charge is 0.357 e. The number of hydrogen-bond donors (Lipinski definition) is 2. The van der Waals surface area contributed by atoms with Crippen LogP contribution >= 0.6 is 24.0 Å². The maximum absolute atomic E-state index is 4.57. The molecule has 3 rings (SSSR count). The van der Waals surface area contributed by atoms with Crippen molar-refractivity contribution in [2.75, 3.05) is 13.1 Å². The van der Waals surface area contributed by atoms with Crippen molar-refractivity contribution >= 4 is 29.9 Å². The molecule has 0 radical (unpaired) electrons. The Labute approximate surface area is 177 Å². The molecular formula is C17H30IN9. The Balaban J connectivity index is 0.00000261. The highest BCUT2D eigenvalue weighted by molar-refractivity contribution is 14.0. The van der Waals surface area contributed by atoms with Gasteiger partial charge < -0.3 is 15.2 Å². The van der Waals surface area contributed by atoms with E-state index in [1.165, 1.54) is 19.3 Å². The molecule has 10 heteroatoms. The molecule has 2 aromatic heterocycles. The van der Waals surface area contributed by atoms with E-state index in [1.807, 2.05) is 7.05 Å². The van der Waals surface area contributed by atoms with Crippen LogP contribution in [0.25, 0.3) is 0 Å². The molecule has 2 aromatic rings. The Hall–Kier alpha value is -1.72. The Morgan fingerprint density at radius 1 is 1.19 bits per heavy atom. The van der Waals surface area contributed by atoms with E-state index in [2.05, 4.69) is 47.4 Å². The van der Waals surface area contributed by atoms with E-state index >= 15 is 0 Å². The van der Waals surface area contributed by atoms with Crippen molar-refractivity contribution < 1.29 is 0 Å². The molecule has 0 aliphatic carbocycles. The van der Waals surface area contributed by atoms with Gasteiger partial charge in [-0.3, -0.25) is 4.68 Å². The first-order chi connectivity index (χ1) is 12.8. The van der Waals surface area contributed by atoms with Gasteiger partial charge in [-0.1, -0.05) is 6.42 Å². The molecule has 0 aromatic carbocycles. The van der Waals surface area contributed by atoms with Crippen LogP contribution in [0.15, 0.2) is 11.3 Å². The highest BCUT2D eigenvalue weighted by Crippen LogP contribution is 2.15. The molecule has 0 unspecified atom stereocenters. The Kier molecular flexibility index (Phi) is 8.95. The van der Waals surface area contributed by atoms with Crippen LogP contribution in [0.4, 0.5) is 0 Å². The molecule has 0 fully saturated rings. The predicted molar refractivity (Wildman–Crippen MR) is 115 cm³/mol. The zero-order valence-electron chi connectivity index (χ0n) is 16.2. The molecule has 1 aliphatic rings.